The zero-order valence-electron chi connectivity index (χ0n) is 10.8. The Hall–Kier alpha value is -2.61. The first-order valence-corrected chi connectivity index (χ1v) is 6.82. The van der Waals surface area contributed by atoms with E-state index in [0.29, 0.717) is 16.3 Å². The maximum absolute atomic E-state index is 11.4. The minimum Gasteiger partial charge on any atom is -0.508 e. The van der Waals surface area contributed by atoms with E-state index in [-0.39, 0.29) is 17.9 Å². The second-order valence-corrected chi connectivity index (χ2v) is 5.29. The Morgan fingerprint density at radius 1 is 1.29 bits per heavy atom. The summed E-state index contributed by atoms with van der Waals surface area (Å²) in [7, 11) is 0. The van der Waals surface area contributed by atoms with Gasteiger partial charge >= 0.3 is 0 Å². The van der Waals surface area contributed by atoms with Crippen molar-refractivity contribution in [2.45, 2.75) is 12.3 Å². The van der Waals surface area contributed by atoms with Gasteiger partial charge in [0.2, 0.25) is 11.8 Å². The highest BCUT2D eigenvalue weighted by Crippen LogP contribution is 2.34. The van der Waals surface area contributed by atoms with Crippen LogP contribution in [0.1, 0.15) is 17.3 Å². The SMILES string of the molecule is NC(=O)CC(C(N)=O)c1nc(-c2ccc(O)cc2O)cs1. The lowest BCUT2D eigenvalue weighted by Gasteiger charge is -2.07. The molecule has 2 amide bonds. The fraction of sp³-hybridized carbons (Fsp3) is 0.154. The highest BCUT2D eigenvalue weighted by Gasteiger charge is 2.24. The van der Waals surface area contributed by atoms with Gasteiger partial charge in [-0.05, 0) is 12.1 Å². The Bertz CT molecular complexity index is 698. The summed E-state index contributed by atoms with van der Waals surface area (Å²) in [6.07, 6.45) is -0.218. The number of carbonyl (C=O) groups excluding carboxylic acids is 2. The average molecular weight is 307 g/mol. The normalized spacial score (nSPS) is 12.0. The van der Waals surface area contributed by atoms with Crippen LogP contribution >= 0.6 is 11.3 Å². The second-order valence-electron chi connectivity index (χ2n) is 4.40. The molecule has 1 aromatic carbocycles. The molecule has 0 radical (unpaired) electrons. The Morgan fingerprint density at radius 3 is 2.57 bits per heavy atom. The van der Waals surface area contributed by atoms with Gasteiger partial charge in [-0.2, -0.15) is 0 Å². The van der Waals surface area contributed by atoms with Gasteiger partial charge < -0.3 is 21.7 Å². The summed E-state index contributed by atoms with van der Waals surface area (Å²) in [5.41, 5.74) is 11.2. The highest BCUT2D eigenvalue weighted by atomic mass is 32.1. The van der Waals surface area contributed by atoms with Gasteiger partial charge in [-0.25, -0.2) is 4.98 Å². The zero-order chi connectivity index (χ0) is 15.6. The predicted octanol–water partition coefficient (Wildman–Crippen LogP) is 0.666. The van der Waals surface area contributed by atoms with Crippen LogP contribution in [-0.2, 0) is 9.59 Å². The van der Waals surface area contributed by atoms with E-state index in [4.69, 9.17) is 11.5 Å². The summed E-state index contributed by atoms with van der Waals surface area (Å²) in [5.74, 6) is -2.44. The molecule has 1 atom stereocenters. The summed E-state index contributed by atoms with van der Waals surface area (Å²) >= 11 is 1.14. The lowest BCUT2D eigenvalue weighted by atomic mass is 10.1. The molecule has 1 unspecified atom stereocenters. The van der Waals surface area contributed by atoms with Crippen LogP contribution in [-0.4, -0.2) is 27.0 Å². The quantitative estimate of drug-likeness (QED) is 0.642. The summed E-state index contributed by atoms with van der Waals surface area (Å²) in [6.45, 7) is 0. The molecule has 0 fully saturated rings. The molecule has 0 saturated carbocycles. The number of hydrogen-bond acceptors (Lipinski definition) is 6. The van der Waals surface area contributed by atoms with Gasteiger partial charge in [0.05, 0.1) is 11.6 Å². The van der Waals surface area contributed by atoms with Crippen LogP contribution in [0.25, 0.3) is 11.3 Å². The molecule has 7 nitrogen and oxygen atoms in total. The summed E-state index contributed by atoms with van der Waals surface area (Å²) in [5, 5.41) is 21.0. The number of hydrogen-bond donors (Lipinski definition) is 4. The van der Waals surface area contributed by atoms with E-state index in [9.17, 15) is 19.8 Å². The number of phenolic OH excluding ortho intramolecular Hbond substituents is 2. The minimum absolute atomic E-state index is 0.0737. The van der Waals surface area contributed by atoms with Crippen LogP contribution in [0.4, 0.5) is 0 Å². The van der Waals surface area contributed by atoms with Crippen molar-refractivity contribution in [2.75, 3.05) is 0 Å². The first-order valence-electron chi connectivity index (χ1n) is 5.94. The average Bonchev–Trinajstić information content (AvgIpc) is 2.84. The van der Waals surface area contributed by atoms with E-state index in [1.165, 1.54) is 18.2 Å². The van der Waals surface area contributed by atoms with Crippen molar-refractivity contribution in [3.63, 3.8) is 0 Å². The molecule has 0 bridgehead atoms. The number of rotatable bonds is 5. The molecule has 1 heterocycles. The second kappa shape index (κ2) is 5.80. The van der Waals surface area contributed by atoms with Gasteiger partial charge in [-0.3, -0.25) is 9.59 Å². The van der Waals surface area contributed by atoms with Crippen molar-refractivity contribution >= 4 is 23.2 Å². The lowest BCUT2D eigenvalue weighted by molar-refractivity contribution is -0.124. The van der Waals surface area contributed by atoms with Crippen molar-refractivity contribution < 1.29 is 19.8 Å². The number of aromatic nitrogens is 1. The molecule has 1 aromatic heterocycles. The predicted molar refractivity (Wildman–Crippen MR) is 76.6 cm³/mol. The third-order valence-electron chi connectivity index (χ3n) is 2.83. The van der Waals surface area contributed by atoms with Crippen LogP contribution in [0.5, 0.6) is 11.5 Å². The third kappa shape index (κ3) is 3.29. The number of thiazole rings is 1. The maximum atomic E-state index is 11.4. The van der Waals surface area contributed by atoms with E-state index in [1.807, 2.05) is 0 Å². The fourth-order valence-electron chi connectivity index (χ4n) is 1.82. The molecule has 6 N–H and O–H groups in total. The smallest absolute Gasteiger partial charge is 0.227 e. The highest BCUT2D eigenvalue weighted by molar-refractivity contribution is 7.10. The number of nitrogens with two attached hydrogens (primary N) is 2. The van der Waals surface area contributed by atoms with Crippen LogP contribution in [0, 0.1) is 0 Å². The minimum atomic E-state index is -0.888. The number of phenols is 2. The van der Waals surface area contributed by atoms with Crippen LogP contribution < -0.4 is 11.5 Å². The van der Waals surface area contributed by atoms with Gasteiger partial charge in [0, 0.05) is 23.4 Å². The van der Waals surface area contributed by atoms with Crippen LogP contribution in [0.3, 0.4) is 0 Å². The molecular weight excluding hydrogens is 294 g/mol. The Kier molecular flexibility index (Phi) is 4.08. The number of nitrogens with zero attached hydrogens (tertiary/aromatic N) is 1. The molecule has 2 rings (SSSR count). The third-order valence-corrected chi connectivity index (χ3v) is 3.78. The standard InChI is InChI=1S/C13H13N3O4S/c14-11(19)4-8(12(15)20)13-16-9(5-21-13)7-2-1-6(17)3-10(7)18/h1-3,5,8,17-18H,4H2,(H2,14,19)(H2,15,20). The number of aromatic hydroxyl groups is 2. The summed E-state index contributed by atoms with van der Waals surface area (Å²) < 4.78 is 0. The zero-order valence-corrected chi connectivity index (χ0v) is 11.6. The number of carbonyl (C=O) groups is 2. The Morgan fingerprint density at radius 2 is 2.00 bits per heavy atom. The van der Waals surface area contributed by atoms with E-state index in [0.717, 1.165) is 11.3 Å². The summed E-state index contributed by atoms with van der Waals surface area (Å²) in [6, 6.07) is 4.09. The van der Waals surface area contributed by atoms with Gasteiger partial charge in [0.15, 0.2) is 0 Å². The molecular formula is C13H13N3O4S. The van der Waals surface area contributed by atoms with Crippen LogP contribution in [0.2, 0.25) is 0 Å². The molecule has 0 aliphatic heterocycles. The molecule has 8 heteroatoms. The molecule has 0 saturated heterocycles. The lowest BCUT2D eigenvalue weighted by Crippen LogP contribution is -2.26. The molecule has 0 aliphatic rings. The molecule has 0 aliphatic carbocycles. The molecule has 2 aromatic rings. The Balaban J connectivity index is 2.36. The van der Waals surface area contributed by atoms with E-state index < -0.39 is 17.7 Å². The maximum Gasteiger partial charge on any atom is 0.227 e. The van der Waals surface area contributed by atoms with Crippen molar-refractivity contribution in [3.05, 3.63) is 28.6 Å². The van der Waals surface area contributed by atoms with Gasteiger partial charge in [-0.15, -0.1) is 11.3 Å². The monoisotopic (exact) mass is 307 g/mol. The van der Waals surface area contributed by atoms with Gasteiger partial charge in [0.1, 0.15) is 16.5 Å². The van der Waals surface area contributed by atoms with E-state index in [1.54, 1.807) is 5.38 Å². The number of benzene rings is 1. The van der Waals surface area contributed by atoms with Crippen molar-refractivity contribution in [1.29, 1.82) is 0 Å². The number of amides is 2. The van der Waals surface area contributed by atoms with Crippen molar-refractivity contribution in [1.82, 2.24) is 4.98 Å². The van der Waals surface area contributed by atoms with Crippen molar-refractivity contribution in [2.24, 2.45) is 11.5 Å². The molecule has 21 heavy (non-hydrogen) atoms. The van der Waals surface area contributed by atoms with E-state index in [2.05, 4.69) is 4.98 Å². The van der Waals surface area contributed by atoms with Gasteiger partial charge in [0.25, 0.3) is 0 Å². The Labute approximate surface area is 123 Å². The summed E-state index contributed by atoms with van der Waals surface area (Å²) in [4.78, 5) is 26.6. The topological polar surface area (TPSA) is 140 Å². The van der Waals surface area contributed by atoms with Gasteiger partial charge in [-0.1, -0.05) is 0 Å². The largest absolute Gasteiger partial charge is 0.508 e. The first kappa shape index (κ1) is 14.8. The fourth-order valence-corrected chi connectivity index (χ4v) is 2.75. The molecule has 110 valence electrons. The first-order chi connectivity index (χ1) is 9.88. The van der Waals surface area contributed by atoms with E-state index >= 15 is 0 Å². The van der Waals surface area contributed by atoms with Crippen LogP contribution in [0.15, 0.2) is 23.6 Å². The number of primary amides is 2. The van der Waals surface area contributed by atoms with Crippen molar-refractivity contribution in [3.8, 4) is 22.8 Å². The molecule has 0 spiro atoms.